The van der Waals surface area contributed by atoms with Crippen LogP contribution in [0, 0.1) is 0 Å². The lowest BCUT2D eigenvalue weighted by Gasteiger charge is -2.20. The highest BCUT2D eigenvalue weighted by molar-refractivity contribution is 5.76. The number of amides is 1. The van der Waals surface area contributed by atoms with Crippen molar-refractivity contribution in [2.45, 2.75) is 296 Å². The first-order valence-corrected chi connectivity index (χ1v) is 24.9. The monoisotopic (exact) mass is 762 g/mol. The van der Waals surface area contributed by atoms with Crippen LogP contribution in [-0.4, -0.2) is 34.9 Å². The largest absolute Gasteiger partial charge is 0.394 e. The zero-order chi connectivity index (χ0) is 39.3. The predicted octanol–water partition coefficient (Wildman–Crippen LogP) is 15.8. The van der Waals surface area contributed by atoms with Gasteiger partial charge in [-0.2, -0.15) is 0 Å². The van der Waals surface area contributed by atoms with Gasteiger partial charge in [-0.25, -0.2) is 0 Å². The Morgan fingerprint density at radius 2 is 0.685 bits per heavy atom. The fourth-order valence-electron chi connectivity index (χ4n) is 7.95. The van der Waals surface area contributed by atoms with Gasteiger partial charge < -0.3 is 15.5 Å². The molecule has 0 bridgehead atoms. The molecule has 0 aliphatic rings. The van der Waals surface area contributed by atoms with Crippen LogP contribution >= 0.6 is 0 Å². The maximum atomic E-state index is 12.4. The van der Waals surface area contributed by atoms with Crippen LogP contribution in [0.4, 0.5) is 0 Å². The molecule has 0 unspecified atom stereocenters. The van der Waals surface area contributed by atoms with Crippen LogP contribution in [0.1, 0.15) is 284 Å². The van der Waals surface area contributed by atoms with Crippen LogP contribution in [0.15, 0.2) is 12.2 Å². The molecule has 2 atom stereocenters. The van der Waals surface area contributed by atoms with Gasteiger partial charge in [-0.05, 0) is 19.3 Å². The van der Waals surface area contributed by atoms with E-state index in [9.17, 15) is 15.0 Å². The molecular formula is C50H99NO3. The highest BCUT2D eigenvalue weighted by Crippen LogP contribution is 2.17. The summed E-state index contributed by atoms with van der Waals surface area (Å²) in [5, 5.41) is 23.1. The third-order valence-electron chi connectivity index (χ3n) is 11.8. The molecule has 4 nitrogen and oxygen atoms in total. The topological polar surface area (TPSA) is 69.6 Å². The standard InChI is InChI=1S/C50H99NO3/c1-3-5-7-9-11-13-15-17-19-20-21-22-23-24-25-26-27-28-29-30-32-34-36-38-40-42-44-46-50(54)51-48(47-52)49(53)45-43-41-39-37-35-33-31-18-16-14-12-10-8-6-4-2/h43,45,48-49,52-53H,3-42,44,46-47H2,1-2H3,(H,51,54)/b45-43+/t48-,49+/m0/s1. The number of hydrogen-bond acceptors (Lipinski definition) is 3. The maximum Gasteiger partial charge on any atom is 0.220 e. The maximum absolute atomic E-state index is 12.4. The van der Waals surface area contributed by atoms with E-state index in [1.165, 1.54) is 238 Å². The number of allylic oxidation sites excluding steroid dienone is 1. The minimum atomic E-state index is -0.834. The molecule has 0 aromatic rings. The zero-order valence-corrected chi connectivity index (χ0v) is 37.0. The van der Waals surface area contributed by atoms with Crippen molar-refractivity contribution < 1.29 is 15.0 Å². The van der Waals surface area contributed by atoms with Gasteiger partial charge in [-0.3, -0.25) is 4.79 Å². The first-order chi connectivity index (χ1) is 26.7. The summed E-state index contributed by atoms with van der Waals surface area (Å²) in [6, 6.07) is -0.616. The van der Waals surface area contributed by atoms with Crippen LogP contribution in [-0.2, 0) is 4.79 Å². The smallest absolute Gasteiger partial charge is 0.220 e. The third-order valence-corrected chi connectivity index (χ3v) is 11.8. The molecule has 0 aliphatic heterocycles. The molecule has 0 rings (SSSR count). The normalized spacial score (nSPS) is 12.9. The minimum Gasteiger partial charge on any atom is -0.394 e. The van der Waals surface area contributed by atoms with E-state index in [4.69, 9.17) is 0 Å². The van der Waals surface area contributed by atoms with Gasteiger partial charge in [-0.1, -0.05) is 270 Å². The summed E-state index contributed by atoms with van der Waals surface area (Å²) in [7, 11) is 0. The Labute approximate surface area is 339 Å². The lowest BCUT2D eigenvalue weighted by molar-refractivity contribution is -0.123. The summed E-state index contributed by atoms with van der Waals surface area (Å²) in [4.78, 5) is 12.4. The average molecular weight is 762 g/mol. The second kappa shape index (κ2) is 46.5. The van der Waals surface area contributed by atoms with Crippen LogP contribution in [0.25, 0.3) is 0 Å². The van der Waals surface area contributed by atoms with Crippen molar-refractivity contribution in [1.82, 2.24) is 5.32 Å². The van der Waals surface area contributed by atoms with Crippen LogP contribution < -0.4 is 5.32 Å². The lowest BCUT2D eigenvalue weighted by atomic mass is 10.0. The molecule has 0 aliphatic carbocycles. The molecule has 0 heterocycles. The molecule has 0 aromatic carbocycles. The van der Waals surface area contributed by atoms with Gasteiger partial charge in [0.1, 0.15) is 0 Å². The van der Waals surface area contributed by atoms with Gasteiger partial charge >= 0.3 is 0 Å². The van der Waals surface area contributed by atoms with Crippen molar-refractivity contribution in [2.24, 2.45) is 0 Å². The second-order valence-corrected chi connectivity index (χ2v) is 17.2. The third kappa shape index (κ3) is 42.3. The number of unbranched alkanes of at least 4 members (excludes halogenated alkanes) is 39. The number of nitrogens with one attached hydrogen (secondary N) is 1. The molecule has 54 heavy (non-hydrogen) atoms. The molecule has 0 fully saturated rings. The molecule has 1 amide bonds. The molecule has 0 aromatic heterocycles. The van der Waals surface area contributed by atoms with Gasteiger partial charge in [0, 0.05) is 6.42 Å². The summed E-state index contributed by atoms with van der Waals surface area (Å²) >= 11 is 0. The fourth-order valence-corrected chi connectivity index (χ4v) is 7.95. The SMILES string of the molecule is CCCCCCCCCCCCCCC/C=C/[C@@H](O)[C@H](CO)NC(=O)CCCCCCCCCCCCCCCCCCCCCCCCCCCCC. The number of hydrogen-bond donors (Lipinski definition) is 3. The molecule has 4 heteroatoms. The summed E-state index contributed by atoms with van der Waals surface area (Å²) < 4.78 is 0. The first-order valence-electron chi connectivity index (χ1n) is 24.9. The average Bonchev–Trinajstić information content (AvgIpc) is 3.18. The summed E-state index contributed by atoms with van der Waals surface area (Å²) in [5.41, 5.74) is 0. The van der Waals surface area contributed by atoms with E-state index < -0.39 is 12.1 Å². The van der Waals surface area contributed by atoms with Gasteiger partial charge in [0.25, 0.3) is 0 Å². The lowest BCUT2D eigenvalue weighted by Crippen LogP contribution is -2.45. The van der Waals surface area contributed by atoms with Gasteiger partial charge in [0.05, 0.1) is 18.8 Å². The van der Waals surface area contributed by atoms with Crippen molar-refractivity contribution >= 4 is 5.91 Å². The highest BCUT2D eigenvalue weighted by atomic mass is 16.3. The summed E-state index contributed by atoms with van der Waals surface area (Å²) in [6.45, 7) is 4.34. The Balaban J connectivity index is 3.44. The number of aliphatic hydroxyl groups is 2. The first kappa shape index (κ1) is 53.1. The van der Waals surface area contributed by atoms with Crippen LogP contribution in [0.2, 0.25) is 0 Å². The van der Waals surface area contributed by atoms with Crippen LogP contribution in [0.5, 0.6) is 0 Å². The Hall–Kier alpha value is -0.870. The molecule has 0 radical (unpaired) electrons. The number of aliphatic hydroxyl groups excluding tert-OH is 2. The zero-order valence-electron chi connectivity index (χ0n) is 37.0. The molecule has 322 valence electrons. The van der Waals surface area contributed by atoms with Crippen molar-refractivity contribution in [3.63, 3.8) is 0 Å². The van der Waals surface area contributed by atoms with Gasteiger partial charge in [0.15, 0.2) is 0 Å². The van der Waals surface area contributed by atoms with E-state index in [1.807, 2.05) is 6.08 Å². The van der Waals surface area contributed by atoms with E-state index in [0.29, 0.717) is 6.42 Å². The van der Waals surface area contributed by atoms with E-state index in [0.717, 1.165) is 25.7 Å². The Bertz CT molecular complexity index is 739. The van der Waals surface area contributed by atoms with Crippen molar-refractivity contribution in [3.05, 3.63) is 12.2 Å². The number of carbonyl (C=O) groups excluding carboxylic acids is 1. The van der Waals surface area contributed by atoms with Crippen molar-refractivity contribution in [1.29, 1.82) is 0 Å². The van der Waals surface area contributed by atoms with E-state index in [-0.39, 0.29) is 12.5 Å². The van der Waals surface area contributed by atoms with Crippen LogP contribution in [0.3, 0.4) is 0 Å². The Morgan fingerprint density at radius 3 is 0.963 bits per heavy atom. The Kier molecular flexibility index (Phi) is 45.8. The molecule has 0 saturated carbocycles. The van der Waals surface area contributed by atoms with E-state index >= 15 is 0 Å². The summed E-state index contributed by atoms with van der Waals surface area (Å²) in [5.74, 6) is -0.0578. The van der Waals surface area contributed by atoms with E-state index in [1.54, 1.807) is 6.08 Å². The van der Waals surface area contributed by atoms with Gasteiger partial charge in [0.2, 0.25) is 5.91 Å². The molecule has 0 spiro atoms. The number of carbonyl (C=O) groups is 1. The highest BCUT2D eigenvalue weighted by Gasteiger charge is 2.18. The molecule has 0 saturated heterocycles. The fraction of sp³-hybridized carbons (Fsp3) is 0.940. The van der Waals surface area contributed by atoms with Crippen molar-refractivity contribution in [3.8, 4) is 0 Å². The Morgan fingerprint density at radius 1 is 0.426 bits per heavy atom. The van der Waals surface area contributed by atoms with E-state index in [2.05, 4.69) is 19.2 Å². The minimum absolute atomic E-state index is 0.0578. The van der Waals surface area contributed by atoms with Gasteiger partial charge in [-0.15, -0.1) is 0 Å². The van der Waals surface area contributed by atoms with Crippen molar-refractivity contribution in [2.75, 3.05) is 6.61 Å². The quantitative estimate of drug-likeness (QED) is 0.0427. The summed E-state index contributed by atoms with van der Waals surface area (Å²) in [6.07, 6.45) is 59.2. The molecule has 3 N–H and O–H groups in total. The number of rotatable bonds is 46. The molecular weight excluding hydrogens is 663 g/mol. The predicted molar refractivity (Wildman–Crippen MR) is 239 cm³/mol. The second-order valence-electron chi connectivity index (χ2n) is 17.2.